The van der Waals surface area contributed by atoms with Gasteiger partial charge in [0.25, 0.3) is 5.91 Å². The van der Waals surface area contributed by atoms with Gasteiger partial charge in [0.2, 0.25) is 0 Å². The molecule has 138 valence electrons. The first kappa shape index (κ1) is 19.1. The van der Waals surface area contributed by atoms with E-state index in [1.807, 2.05) is 6.92 Å². The summed E-state index contributed by atoms with van der Waals surface area (Å²) >= 11 is 0. The highest BCUT2D eigenvalue weighted by Gasteiger charge is 2.13. The first-order valence-electron chi connectivity index (χ1n) is 8.04. The number of carbonyl (C=O) groups is 2. The molecule has 0 saturated heterocycles. The van der Waals surface area contributed by atoms with Crippen LogP contribution in [0.4, 0.5) is 16.2 Å². The molecule has 2 aromatic rings. The zero-order chi connectivity index (χ0) is 19.1. The number of nitrogens with zero attached hydrogens (tertiary/aromatic N) is 1. The number of hydrogen-bond donors (Lipinski definition) is 1. The van der Waals surface area contributed by atoms with Crippen molar-refractivity contribution in [2.24, 2.45) is 0 Å². The van der Waals surface area contributed by atoms with E-state index in [0.29, 0.717) is 35.0 Å². The maximum Gasteiger partial charge on any atom is 0.413 e. The molecular weight excluding hydrogens is 336 g/mol. The molecule has 0 aliphatic rings. The number of methoxy groups -OCH3 is 2. The third kappa shape index (κ3) is 4.44. The number of anilines is 2. The predicted octanol–water partition coefficient (Wildman–Crippen LogP) is 3.55. The van der Waals surface area contributed by atoms with Crippen molar-refractivity contribution in [3.8, 4) is 11.5 Å². The molecule has 1 N–H and O–H groups in total. The molecule has 0 atom stereocenters. The Bertz CT molecular complexity index is 774. The summed E-state index contributed by atoms with van der Waals surface area (Å²) in [7, 11) is 4.47. The standard InChI is InChI=1S/C19H22N2O5/c1-5-26-17-12-13(6-11-16(17)24-3)18(22)20-14-7-9-15(10-8-14)21(2)19(23)25-4/h6-12H,5H2,1-4H3,(H,20,22). The van der Waals surface area contributed by atoms with Crippen molar-refractivity contribution in [2.45, 2.75) is 6.92 Å². The number of amides is 2. The molecular formula is C19H22N2O5. The summed E-state index contributed by atoms with van der Waals surface area (Å²) in [6.07, 6.45) is -0.469. The lowest BCUT2D eigenvalue weighted by molar-refractivity contribution is 0.102. The summed E-state index contributed by atoms with van der Waals surface area (Å²) in [6, 6.07) is 11.8. The van der Waals surface area contributed by atoms with Gasteiger partial charge in [-0.05, 0) is 49.4 Å². The maximum absolute atomic E-state index is 12.5. The van der Waals surface area contributed by atoms with Crippen LogP contribution in [0.3, 0.4) is 0 Å². The van der Waals surface area contributed by atoms with Crippen LogP contribution in [-0.4, -0.2) is 39.9 Å². The summed E-state index contributed by atoms with van der Waals surface area (Å²) in [5.74, 6) is 0.805. The molecule has 0 saturated carbocycles. The highest BCUT2D eigenvalue weighted by Crippen LogP contribution is 2.28. The van der Waals surface area contributed by atoms with Gasteiger partial charge in [-0.1, -0.05) is 0 Å². The molecule has 0 spiro atoms. The number of benzene rings is 2. The molecule has 0 aliphatic heterocycles. The van der Waals surface area contributed by atoms with Crippen molar-refractivity contribution in [3.05, 3.63) is 48.0 Å². The Labute approximate surface area is 152 Å². The van der Waals surface area contributed by atoms with E-state index in [-0.39, 0.29) is 5.91 Å². The molecule has 7 nitrogen and oxygen atoms in total. The molecule has 26 heavy (non-hydrogen) atoms. The second-order valence-corrected chi connectivity index (χ2v) is 5.33. The van der Waals surface area contributed by atoms with E-state index in [2.05, 4.69) is 10.1 Å². The highest BCUT2D eigenvalue weighted by molar-refractivity contribution is 6.04. The Kier molecular flexibility index (Phi) is 6.43. The highest BCUT2D eigenvalue weighted by atomic mass is 16.5. The van der Waals surface area contributed by atoms with Gasteiger partial charge in [-0.3, -0.25) is 9.69 Å². The van der Waals surface area contributed by atoms with E-state index >= 15 is 0 Å². The molecule has 0 bridgehead atoms. The average Bonchev–Trinajstić information content (AvgIpc) is 2.67. The van der Waals surface area contributed by atoms with Crippen LogP contribution >= 0.6 is 0 Å². The second kappa shape index (κ2) is 8.75. The predicted molar refractivity (Wildman–Crippen MR) is 99.4 cm³/mol. The van der Waals surface area contributed by atoms with Gasteiger partial charge in [0, 0.05) is 24.0 Å². The van der Waals surface area contributed by atoms with E-state index in [1.165, 1.54) is 12.0 Å². The molecule has 2 amide bonds. The van der Waals surface area contributed by atoms with Crippen molar-refractivity contribution in [2.75, 3.05) is 38.1 Å². The van der Waals surface area contributed by atoms with Crippen LogP contribution < -0.4 is 19.7 Å². The minimum absolute atomic E-state index is 0.275. The lowest BCUT2D eigenvalue weighted by Gasteiger charge is -2.16. The van der Waals surface area contributed by atoms with E-state index in [0.717, 1.165) is 0 Å². The Hall–Kier alpha value is -3.22. The number of ether oxygens (including phenoxy) is 3. The van der Waals surface area contributed by atoms with Crippen LogP contribution in [0.25, 0.3) is 0 Å². The molecule has 2 aromatic carbocycles. The van der Waals surface area contributed by atoms with Gasteiger partial charge >= 0.3 is 6.09 Å². The summed E-state index contributed by atoms with van der Waals surface area (Å²) in [6.45, 7) is 2.33. The van der Waals surface area contributed by atoms with Crippen molar-refractivity contribution in [1.82, 2.24) is 0 Å². The largest absolute Gasteiger partial charge is 0.493 e. The normalized spacial score (nSPS) is 10.0. The Balaban J connectivity index is 2.12. The van der Waals surface area contributed by atoms with Crippen LogP contribution in [0.15, 0.2) is 42.5 Å². The third-order valence-electron chi connectivity index (χ3n) is 3.69. The van der Waals surface area contributed by atoms with Crippen LogP contribution in [-0.2, 0) is 4.74 Å². The first-order chi connectivity index (χ1) is 12.5. The van der Waals surface area contributed by atoms with Crippen molar-refractivity contribution < 1.29 is 23.8 Å². The summed E-state index contributed by atoms with van der Waals surface area (Å²) < 4.78 is 15.4. The maximum atomic E-state index is 12.5. The summed E-state index contributed by atoms with van der Waals surface area (Å²) in [5, 5.41) is 2.80. The fourth-order valence-corrected chi connectivity index (χ4v) is 2.30. The fourth-order valence-electron chi connectivity index (χ4n) is 2.30. The lowest BCUT2D eigenvalue weighted by atomic mass is 10.1. The summed E-state index contributed by atoms with van der Waals surface area (Å²) in [5.41, 5.74) is 1.70. The molecule has 7 heteroatoms. The number of hydrogen-bond acceptors (Lipinski definition) is 5. The minimum Gasteiger partial charge on any atom is -0.493 e. The number of carbonyl (C=O) groups excluding carboxylic acids is 2. The zero-order valence-corrected chi connectivity index (χ0v) is 15.2. The molecule has 2 rings (SSSR count). The lowest BCUT2D eigenvalue weighted by Crippen LogP contribution is -2.25. The van der Waals surface area contributed by atoms with Gasteiger partial charge in [-0.25, -0.2) is 4.79 Å². The minimum atomic E-state index is -0.469. The second-order valence-electron chi connectivity index (χ2n) is 5.33. The average molecular weight is 358 g/mol. The van der Waals surface area contributed by atoms with Crippen molar-refractivity contribution in [3.63, 3.8) is 0 Å². The van der Waals surface area contributed by atoms with Gasteiger partial charge in [-0.15, -0.1) is 0 Å². The van der Waals surface area contributed by atoms with E-state index in [4.69, 9.17) is 9.47 Å². The molecule has 0 aromatic heterocycles. The first-order valence-corrected chi connectivity index (χ1v) is 8.04. The Morgan fingerprint density at radius 2 is 1.73 bits per heavy atom. The molecule has 0 aliphatic carbocycles. The van der Waals surface area contributed by atoms with E-state index < -0.39 is 6.09 Å². The van der Waals surface area contributed by atoms with Crippen LogP contribution in [0.5, 0.6) is 11.5 Å². The van der Waals surface area contributed by atoms with E-state index in [1.54, 1.807) is 56.6 Å². The quantitative estimate of drug-likeness (QED) is 0.854. The van der Waals surface area contributed by atoms with Gasteiger partial charge in [0.15, 0.2) is 11.5 Å². The van der Waals surface area contributed by atoms with Crippen molar-refractivity contribution >= 4 is 23.4 Å². The zero-order valence-electron chi connectivity index (χ0n) is 15.2. The smallest absolute Gasteiger partial charge is 0.413 e. The number of nitrogens with one attached hydrogen (secondary N) is 1. The van der Waals surface area contributed by atoms with Gasteiger partial charge < -0.3 is 19.5 Å². The number of rotatable bonds is 6. The molecule has 0 radical (unpaired) electrons. The SMILES string of the molecule is CCOc1cc(C(=O)Nc2ccc(N(C)C(=O)OC)cc2)ccc1OC. The monoisotopic (exact) mass is 358 g/mol. The Morgan fingerprint density at radius 1 is 1.04 bits per heavy atom. The topological polar surface area (TPSA) is 77.1 Å². The molecule has 0 heterocycles. The van der Waals surface area contributed by atoms with Crippen LogP contribution in [0, 0.1) is 0 Å². The Morgan fingerprint density at radius 3 is 2.31 bits per heavy atom. The van der Waals surface area contributed by atoms with E-state index in [9.17, 15) is 9.59 Å². The summed E-state index contributed by atoms with van der Waals surface area (Å²) in [4.78, 5) is 25.3. The third-order valence-corrected chi connectivity index (χ3v) is 3.69. The molecule has 0 fully saturated rings. The van der Waals surface area contributed by atoms with Gasteiger partial charge in [-0.2, -0.15) is 0 Å². The van der Waals surface area contributed by atoms with Gasteiger partial charge in [0.1, 0.15) is 0 Å². The fraction of sp³-hybridized carbons (Fsp3) is 0.263. The van der Waals surface area contributed by atoms with Crippen LogP contribution in [0.1, 0.15) is 17.3 Å². The molecule has 0 unspecified atom stereocenters. The van der Waals surface area contributed by atoms with Crippen LogP contribution in [0.2, 0.25) is 0 Å². The van der Waals surface area contributed by atoms with Gasteiger partial charge in [0.05, 0.1) is 20.8 Å². The van der Waals surface area contributed by atoms with Crippen molar-refractivity contribution in [1.29, 1.82) is 0 Å².